The van der Waals surface area contributed by atoms with E-state index in [4.69, 9.17) is 9.47 Å². The van der Waals surface area contributed by atoms with Crippen LogP contribution < -0.4 is 10.1 Å². The summed E-state index contributed by atoms with van der Waals surface area (Å²) < 4.78 is 11.9. The first kappa shape index (κ1) is 19.9. The van der Waals surface area contributed by atoms with Crippen molar-refractivity contribution in [3.05, 3.63) is 53.6 Å². The fraction of sp³-hybridized carbons (Fsp3) is 0.263. The predicted molar refractivity (Wildman–Crippen MR) is 101 cm³/mol. The number of phenols is 2. The summed E-state index contributed by atoms with van der Waals surface area (Å²) in [7, 11) is 2.92. The van der Waals surface area contributed by atoms with Crippen molar-refractivity contribution in [2.45, 2.75) is 20.4 Å². The minimum absolute atomic E-state index is 0.00197. The summed E-state index contributed by atoms with van der Waals surface area (Å²) in [5, 5.41) is 26.3. The molecule has 2 rings (SSSR count). The molecule has 1 aromatic heterocycles. The first-order valence-corrected chi connectivity index (χ1v) is 8.10. The molecule has 0 unspecified atom stereocenters. The molecule has 0 aliphatic rings. The molecule has 0 atom stereocenters. The molecule has 0 radical (unpaired) electrons. The van der Waals surface area contributed by atoms with Crippen LogP contribution in [0.3, 0.4) is 0 Å². The van der Waals surface area contributed by atoms with Crippen LogP contribution in [0, 0.1) is 0 Å². The number of carbonyl (C=O) groups excluding carboxylic acids is 1. The van der Waals surface area contributed by atoms with E-state index in [1.165, 1.54) is 19.4 Å². The van der Waals surface area contributed by atoms with Crippen LogP contribution in [0.2, 0.25) is 0 Å². The number of carbonyl (C=O) groups is 1. The molecule has 0 fully saturated rings. The lowest BCUT2D eigenvalue weighted by atomic mass is 10.1. The van der Waals surface area contributed by atoms with E-state index in [2.05, 4.69) is 17.0 Å². The van der Waals surface area contributed by atoms with Gasteiger partial charge in [0, 0.05) is 17.3 Å². The van der Waals surface area contributed by atoms with Gasteiger partial charge in [0.25, 0.3) is 5.91 Å². The van der Waals surface area contributed by atoms with E-state index in [1.807, 2.05) is 13.8 Å². The normalized spacial score (nSPS) is 11.6. The molecule has 1 heterocycles. The Bertz CT molecular complexity index is 899. The van der Waals surface area contributed by atoms with Crippen LogP contribution >= 0.6 is 0 Å². The summed E-state index contributed by atoms with van der Waals surface area (Å²) in [6.45, 7) is 8.12. The highest BCUT2D eigenvalue weighted by Crippen LogP contribution is 2.36. The Morgan fingerprint density at radius 1 is 1.30 bits per heavy atom. The van der Waals surface area contributed by atoms with Gasteiger partial charge in [0.1, 0.15) is 0 Å². The van der Waals surface area contributed by atoms with Crippen LogP contribution in [-0.4, -0.2) is 40.1 Å². The molecule has 0 saturated carbocycles. The van der Waals surface area contributed by atoms with Crippen LogP contribution in [-0.2, 0) is 11.3 Å². The SMILES string of the molecule is C=C(C)/C(Cn1cc(NC(=O)c2cc(O)c(O)c(OC)c2)cn1)=C(/C)OC. The fourth-order valence-electron chi connectivity index (χ4n) is 2.43. The van der Waals surface area contributed by atoms with Crippen molar-refractivity contribution in [3.63, 3.8) is 0 Å². The molecule has 0 aliphatic carbocycles. The molecule has 0 saturated heterocycles. The van der Waals surface area contributed by atoms with Gasteiger partial charge in [-0.3, -0.25) is 9.48 Å². The smallest absolute Gasteiger partial charge is 0.256 e. The highest BCUT2D eigenvalue weighted by Gasteiger charge is 2.15. The second-order valence-electron chi connectivity index (χ2n) is 5.95. The fourth-order valence-corrected chi connectivity index (χ4v) is 2.43. The van der Waals surface area contributed by atoms with Crippen molar-refractivity contribution in [1.29, 1.82) is 0 Å². The number of aromatic nitrogens is 2. The molecule has 144 valence electrons. The van der Waals surface area contributed by atoms with Gasteiger partial charge in [0.2, 0.25) is 5.75 Å². The summed E-state index contributed by atoms with van der Waals surface area (Å²) in [5.41, 5.74) is 2.38. The van der Waals surface area contributed by atoms with Gasteiger partial charge in [-0.25, -0.2) is 0 Å². The third kappa shape index (κ3) is 4.60. The average Bonchev–Trinajstić information content (AvgIpc) is 3.07. The summed E-state index contributed by atoms with van der Waals surface area (Å²) >= 11 is 0. The number of nitrogens with one attached hydrogen (secondary N) is 1. The Hall–Kier alpha value is -3.42. The highest BCUT2D eigenvalue weighted by molar-refractivity contribution is 6.04. The van der Waals surface area contributed by atoms with E-state index in [9.17, 15) is 15.0 Å². The number of anilines is 1. The molecular formula is C19H23N3O5. The molecule has 1 amide bonds. The zero-order chi connectivity index (χ0) is 20.1. The topological polar surface area (TPSA) is 106 Å². The van der Waals surface area contributed by atoms with Gasteiger partial charge < -0.3 is 25.0 Å². The van der Waals surface area contributed by atoms with Crippen LogP contribution in [0.4, 0.5) is 5.69 Å². The lowest BCUT2D eigenvalue weighted by Gasteiger charge is -2.11. The molecule has 8 heteroatoms. The number of rotatable bonds is 7. The first-order chi connectivity index (χ1) is 12.8. The zero-order valence-electron chi connectivity index (χ0n) is 15.7. The second kappa shape index (κ2) is 8.31. The number of ether oxygens (including phenoxy) is 2. The number of allylic oxidation sites excluding steroid dienone is 3. The van der Waals surface area contributed by atoms with Crippen molar-refractivity contribution in [3.8, 4) is 17.2 Å². The minimum Gasteiger partial charge on any atom is -0.504 e. The molecule has 0 spiro atoms. The van der Waals surface area contributed by atoms with E-state index in [0.29, 0.717) is 12.2 Å². The largest absolute Gasteiger partial charge is 0.504 e. The molecule has 3 N–H and O–H groups in total. The van der Waals surface area contributed by atoms with Crippen molar-refractivity contribution in [2.75, 3.05) is 19.5 Å². The Morgan fingerprint density at radius 2 is 2.00 bits per heavy atom. The Balaban J connectivity index is 2.17. The van der Waals surface area contributed by atoms with E-state index < -0.39 is 17.4 Å². The third-order valence-electron chi connectivity index (χ3n) is 3.99. The van der Waals surface area contributed by atoms with Gasteiger partial charge in [-0.15, -0.1) is 0 Å². The van der Waals surface area contributed by atoms with Crippen molar-refractivity contribution >= 4 is 11.6 Å². The summed E-state index contributed by atoms with van der Waals surface area (Å²) in [4.78, 5) is 12.4. The van der Waals surface area contributed by atoms with Gasteiger partial charge >= 0.3 is 0 Å². The van der Waals surface area contributed by atoms with Gasteiger partial charge in [-0.1, -0.05) is 6.58 Å². The van der Waals surface area contributed by atoms with E-state index >= 15 is 0 Å². The van der Waals surface area contributed by atoms with E-state index in [-0.39, 0.29) is 11.3 Å². The molecule has 2 aromatic rings. The number of methoxy groups -OCH3 is 2. The van der Waals surface area contributed by atoms with Crippen LogP contribution in [0.15, 0.2) is 48.0 Å². The maximum atomic E-state index is 12.4. The minimum atomic E-state index is -0.480. The standard InChI is InChI=1S/C19H23N3O5/c1-11(2)15(12(3)26-4)10-22-9-14(8-20-22)21-19(25)13-6-16(23)18(24)17(7-13)27-5/h6-9,23-24H,1,10H2,2-5H3,(H,21,25)/b15-12-. The Kier molecular flexibility index (Phi) is 6.12. The monoisotopic (exact) mass is 373 g/mol. The lowest BCUT2D eigenvalue weighted by molar-refractivity contribution is 0.102. The lowest BCUT2D eigenvalue weighted by Crippen LogP contribution is -2.11. The number of nitrogens with zero attached hydrogens (tertiary/aromatic N) is 2. The molecule has 0 aliphatic heterocycles. The Morgan fingerprint density at radius 3 is 2.59 bits per heavy atom. The van der Waals surface area contributed by atoms with Crippen LogP contribution in [0.5, 0.6) is 17.2 Å². The van der Waals surface area contributed by atoms with Gasteiger partial charge in [0.15, 0.2) is 11.5 Å². The van der Waals surface area contributed by atoms with Gasteiger partial charge in [-0.05, 0) is 31.6 Å². The molecular weight excluding hydrogens is 350 g/mol. The number of hydrogen-bond acceptors (Lipinski definition) is 6. The van der Waals surface area contributed by atoms with Gasteiger partial charge in [0.05, 0.1) is 38.4 Å². The van der Waals surface area contributed by atoms with Crippen molar-refractivity contribution < 1.29 is 24.5 Å². The highest BCUT2D eigenvalue weighted by atomic mass is 16.5. The maximum absolute atomic E-state index is 12.4. The quantitative estimate of drug-likeness (QED) is 0.391. The summed E-state index contributed by atoms with van der Waals surface area (Å²) in [5.74, 6) is -0.597. The summed E-state index contributed by atoms with van der Waals surface area (Å²) in [6.07, 6.45) is 3.18. The maximum Gasteiger partial charge on any atom is 0.256 e. The van der Waals surface area contributed by atoms with Crippen LogP contribution in [0.1, 0.15) is 24.2 Å². The molecule has 1 aromatic carbocycles. The zero-order valence-corrected chi connectivity index (χ0v) is 15.7. The number of aromatic hydroxyl groups is 2. The second-order valence-corrected chi connectivity index (χ2v) is 5.95. The molecule has 8 nitrogen and oxygen atoms in total. The molecule has 27 heavy (non-hydrogen) atoms. The van der Waals surface area contributed by atoms with Gasteiger partial charge in [-0.2, -0.15) is 5.10 Å². The number of amides is 1. The molecule has 0 bridgehead atoms. The van der Waals surface area contributed by atoms with E-state index in [1.54, 1.807) is 18.0 Å². The average molecular weight is 373 g/mol. The van der Waals surface area contributed by atoms with Crippen molar-refractivity contribution in [2.24, 2.45) is 0 Å². The number of phenolic OH excluding ortho intramolecular Hbond substituents is 2. The number of hydrogen-bond donors (Lipinski definition) is 3. The van der Waals surface area contributed by atoms with Crippen molar-refractivity contribution in [1.82, 2.24) is 9.78 Å². The number of benzene rings is 1. The summed E-state index contributed by atoms with van der Waals surface area (Å²) in [6, 6.07) is 2.49. The Labute approximate surface area is 157 Å². The van der Waals surface area contributed by atoms with E-state index in [0.717, 1.165) is 23.0 Å². The predicted octanol–water partition coefficient (Wildman–Crippen LogP) is 3.05. The first-order valence-electron chi connectivity index (χ1n) is 8.10. The third-order valence-corrected chi connectivity index (χ3v) is 3.99. The van der Waals surface area contributed by atoms with Crippen LogP contribution in [0.25, 0.3) is 0 Å².